The van der Waals surface area contributed by atoms with Crippen LogP contribution in [0, 0.1) is 0 Å². The lowest BCUT2D eigenvalue weighted by molar-refractivity contribution is -0.136. The third-order valence-corrected chi connectivity index (χ3v) is 4.21. The molecule has 7 heteroatoms. The second kappa shape index (κ2) is 10.1. The van der Waals surface area contributed by atoms with Gasteiger partial charge < -0.3 is 21.1 Å². The summed E-state index contributed by atoms with van der Waals surface area (Å²) in [6.45, 7) is 3.94. The van der Waals surface area contributed by atoms with Crippen LogP contribution in [0.25, 0.3) is 0 Å². The Bertz CT molecular complexity index is 834. The van der Waals surface area contributed by atoms with Gasteiger partial charge in [0, 0.05) is 29.4 Å². The second-order valence-electron chi connectivity index (χ2n) is 6.53. The van der Waals surface area contributed by atoms with Crippen molar-refractivity contribution in [1.82, 2.24) is 5.32 Å². The van der Waals surface area contributed by atoms with E-state index in [4.69, 9.17) is 5.11 Å². The number of hydrogen-bond acceptors (Lipinski definition) is 3. The molecule has 0 heterocycles. The zero-order valence-corrected chi connectivity index (χ0v) is 16.0. The maximum Gasteiger partial charge on any atom is 0.323 e. The Morgan fingerprint density at radius 1 is 1.00 bits per heavy atom. The molecule has 3 amide bonds. The lowest BCUT2D eigenvalue weighted by Crippen LogP contribution is -2.31. The Kier molecular flexibility index (Phi) is 7.56. The molecule has 2 rings (SSSR count). The number of benzene rings is 2. The van der Waals surface area contributed by atoms with E-state index in [9.17, 15) is 14.4 Å². The molecule has 2 aromatic carbocycles. The molecular formula is C21H25N3O4. The molecule has 0 aliphatic rings. The van der Waals surface area contributed by atoms with Crippen molar-refractivity contribution < 1.29 is 19.5 Å². The highest BCUT2D eigenvalue weighted by Crippen LogP contribution is 2.14. The van der Waals surface area contributed by atoms with Crippen LogP contribution in [0.2, 0.25) is 0 Å². The monoisotopic (exact) mass is 383 g/mol. The molecule has 0 aliphatic carbocycles. The molecule has 7 nitrogen and oxygen atoms in total. The Morgan fingerprint density at radius 3 is 2.32 bits per heavy atom. The molecule has 0 aromatic heterocycles. The van der Waals surface area contributed by atoms with Crippen LogP contribution >= 0.6 is 0 Å². The molecule has 0 saturated heterocycles. The molecule has 2 aromatic rings. The van der Waals surface area contributed by atoms with Crippen LogP contribution in [0.15, 0.2) is 48.5 Å². The maximum absolute atomic E-state index is 12.2. The summed E-state index contributed by atoms with van der Waals surface area (Å²) in [5.41, 5.74) is 2.49. The number of rotatable bonds is 8. The number of carboxylic acids is 1. The summed E-state index contributed by atoms with van der Waals surface area (Å²) in [6, 6.07) is 13.3. The van der Waals surface area contributed by atoms with Gasteiger partial charge in [-0.1, -0.05) is 19.1 Å². The minimum absolute atomic E-state index is 0.0343. The number of aryl methyl sites for hydroxylation is 1. The van der Waals surface area contributed by atoms with E-state index in [1.165, 1.54) is 0 Å². The first-order valence-electron chi connectivity index (χ1n) is 9.17. The van der Waals surface area contributed by atoms with Crippen molar-refractivity contribution >= 4 is 29.3 Å². The highest BCUT2D eigenvalue weighted by atomic mass is 16.4. The topological polar surface area (TPSA) is 108 Å². The van der Waals surface area contributed by atoms with Crippen LogP contribution in [0.5, 0.6) is 0 Å². The van der Waals surface area contributed by atoms with Crippen LogP contribution in [-0.4, -0.2) is 29.1 Å². The number of carbonyl (C=O) groups is 3. The number of urea groups is 1. The molecule has 28 heavy (non-hydrogen) atoms. The zero-order valence-electron chi connectivity index (χ0n) is 16.0. The molecule has 1 atom stereocenters. The number of carbonyl (C=O) groups excluding carboxylic acids is 2. The lowest BCUT2D eigenvalue weighted by atomic mass is 10.1. The number of aliphatic carboxylic acids is 1. The minimum Gasteiger partial charge on any atom is -0.481 e. The first-order valence-corrected chi connectivity index (χ1v) is 9.17. The Morgan fingerprint density at radius 2 is 1.68 bits per heavy atom. The van der Waals surface area contributed by atoms with Crippen molar-refractivity contribution in [2.45, 2.75) is 39.2 Å². The first kappa shape index (κ1) is 21.0. The molecule has 0 radical (unpaired) electrons. The van der Waals surface area contributed by atoms with E-state index in [1.807, 2.05) is 19.9 Å². The fourth-order valence-electron chi connectivity index (χ4n) is 2.46. The molecule has 4 N–H and O–H groups in total. The van der Waals surface area contributed by atoms with Crippen LogP contribution < -0.4 is 16.0 Å². The zero-order chi connectivity index (χ0) is 20.5. The fourth-order valence-corrected chi connectivity index (χ4v) is 2.46. The van der Waals surface area contributed by atoms with Crippen molar-refractivity contribution in [2.75, 3.05) is 10.6 Å². The number of amides is 3. The van der Waals surface area contributed by atoms with Gasteiger partial charge in [-0.05, 0) is 61.7 Å². The lowest BCUT2D eigenvalue weighted by Gasteiger charge is -2.12. The normalized spacial score (nSPS) is 11.4. The molecule has 0 bridgehead atoms. The minimum atomic E-state index is -0.864. The standard InChI is InChI=1S/C21H25N3O4/c1-3-14(2)22-20(27)16-8-10-17(11-9-16)23-21(28)24-18-6-4-5-15(13-18)7-12-19(25)26/h4-6,8-11,13-14H,3,7,12H2,1-2H3,(H,22,27)(H,25,26)(H2,23,24,28). The van der Waals surface area contributed by atoms with Gasteiger partial charge in [-0.3, -0.25) is 9.59 Å². The van der Waals surface area contributed by atoms with E-state index in [0.717, 1.165) is 12.0 Å². The number of carboxylic acid groups (broad SMARTS) is 1. The summed E-state index contributed by atoms with van der Waals surface area (Å²) < 4.78 is 0. The molecule has 0 spiro atoms. The molecule has 0 saturated carbocycles. The smallest absolute Gasteiger partial charge is 0.323 e. The van der Waals surface area contributed by atoms with E-state index in [-0.39, 0.29) is 18.4 Å². The van der Waals surface area contributed by atoms with Gasteiger partial charge >= 0.3 is 12.0 Å². The SMILES string of the molecule is CCC(C)NC(=O)c1ccc(NC(=O)Nc2cccc(CCC(=O)O)c2)cc1. The Hall–Kier alpha value is -3.35. The van der Waals surface area contributed by atoms with Gasteiger partial charge in [0.25, 0.3) is 5.91 Å². The van der Waals surface area contributed by atoms with Crippen LogP contribution in [-0.2, 0) is 11.2 Å². The predicted octanol–water partition coefficient (Wildman–Crippen LogP) is 3.88. The number of anilines is 2. The fraction of sp³-hybridized carbons (Fsp3) is 0.286. The van der Waals surface area contributed by atoms with Crippen molar-refractivity contribution in [1.29, 1.82) is 0 Å². The van der Waals surface area contributed by atoms with Gasteiger partial charge in [0.1, 0.15) is 0 Å². The van der Waals surface area contributed by atoms with Crippen LogP contribution in [0.4, 0.5) is 16.2 Å². The maximum atomic E-state index is 12.2. The Balaban J connectivity index is 1.91. The van der Waals surface area contributed by atoms with Gasteiger partial charge in [0.2, 0.25) is 0 Å². The highest BCUT2D eigenvalue weighted by Gasteiger charge is 2.09. The summed E-state index contributed by atoms with van der Waals surface area (Å²) in [5, 5.41) is 17.1. The van der Waals surface area contributed by atoms with Crippen molar-refractivity contribution in [3.05, 3.63) is 59.7 Å². The van der Waals surface area contributed by atoms with Crippen LogP contribution in [0.1, 0.15) is 42.6 Å². The average Bonchev–Trinajstić information content (AvgIpc) is 2.67. The summed E-state index contributed by atoms with van der Waals surface area (Å²) in [4.78, 5) is 34.9. The van der Waals surface area contributed by atoms with Crippen molar-refractivity contribution in [3.63, 3.8) is 0 Å². The first-order chi connectivity index (χ1) is 13.4. The summed E-state index contributed by atoms with van der Waals surface area (Å²) in [5.74, 6) is -1.01. The predicted molar refractivity (Wildman–Crippen MR) is 109 cm³/mol. The van der Waals surface area contributed by atoms with Gasteiger partial charge in [-0.2, -0.15) is 0 Å². The molecule has 0 aliphatic heterocycles. The molecule has 1 unspecified atom stereocenters. The summed E-state index contributed by atoms with van der Waals surface area (Å²) >= 11 is 0. The summed E-state index contributed by atoms with van der Waals surface area (Å²) in [6.07, 6.45) is 1.28. The van der Waals surface area contributed by atoms with Gasteiger partial charge in [0.15, 0.2) is 0 Å². The quantitative estimate of drug-likeness (QED) is 0.555. The number of nitrogens with one attached hydrogen (secondary N) is 3. The van der Waals surface area contributed by atoms with Gasteiger partial charge in [-0.15, -0.1) is 0 Å². The number of hydrogen-bond donors (Lipinski definition) is 4. The van der Waals surface area contributed by atoms with E-state index in [0.29, 0.717) is 23.4 Å². The molecule has 0 fully saturated rings. The largest absolute Gasteiger partial charge is 0.481 e. The third-order valence-electron chi connectivity index (χ3n) is 4.21. The van der Waals surface area contributed by atoms with Crippen molar-refractivity contribution in [2.24, 2.45) is 0 Å². The second-order valence-corrected chi connectivity index (χ2v) is 6.53. The molecule has 148 valence electrons. The van der Waals surface area contributed by atoms with Crippen molar-refractivity contribution in [3.8, 4) is 0 Å². The van der Waals surface area contributed by atoms with E-state index < -0.39 is 12.0 Å². The molecular weight excluding hydrogens is 358 g/mol. The van der Waals surface area contributed by atoms with E-state index in [2.05, 4.69) is 16.0 Å². The summed E-state index contributed by atoms with van der Waals surface area (Å²) in [7, 11) is 0. The van der Waals surface area contributed by atoms with E-state index >= 15 is 0 Å². The van der Waals surface area contributed by atoms with E-state index in [1.54, 1.807) is 42.5 Å². The van der Waals surface area contributed by atoms with Gasteiger partial charge in [-0.25, -0.2) is 4.79 Å². The average molecular weight is 383 g/mol. The van der Waals surface area contributed by atoms with Gasteiger partial charge in [0.05, 0.1) is 0 Å². The third kappa shape index (κ3) is 6.75. The van der Waals surface area contributed by atoms with Crippen LogP contribution in [0.3, 0.4) is 0 Å². The highest BCUT2D eigenvalue weighted by molar-refractivity contribution is 6.00. The Labute approximate surface area is 164 Å².